The number of carbonyl (C=O) groups excluding carboxylic acids is 2. The van der Waals surface area contributed by atoms with Crippen LogP contribution < -0.4 is 21.3 Å². The number of rotatable bonds is 9. The highest BCUT2D eigenvalue weighted by Gasteiger charge is 2.15. The Bertz CT molecular complexity index is 1500. The van der Waals surface area contributed by atoms with Gasteiger partial charge in [0.2, 0.25) is 6.41 Å². The third-order valence-corrected chi connectivity index (χ3v) is 5.22. The van der Waals surface area contributed by atoms with Crippen molar-refractivity contribution in [2.45, 2.75) is 0 Å². The summed E-state index contributed by atoms with van der Waals surface area (Å²) in [5.41, 5.74) is 2.31. The number of carboxylic acids is 1. The van der Waals surface area contributed by atoms with Gasteiger partial charge in [-0.2, -0.15) is 9.61 Å². The summed E-state index contributed by atoms with van der Waals surface area (Å²) in [5.74, 6) is -0.777. The molecule has 182 valence electrons. The Morgan fingerprint density at radius 1 is 1.06 bits per heavy atom. The van der Waals surface area contributed by atoms with Crippen LogP contribution in [0.2, 0.25) is 5.02 Å². The van der Waals surface area contributed by atoms with Crippen LogP contribution in [0.5, 0.6) is 0 Å². The maximum atomic E-state index is 12.2. The predicted molar refractivity (Wildman–Crippen MR) is 136 cm³/mol. The number of anilines is 4. The molecule has 0 atom stereocenters. The highest BCUT2D eigenvalue weighted by atomic mass is 35.5. The number of hydrogen-bond donors (Lipinski definition) is 5. The van der Waals surface area contributed by atoms with Crippen LogP contribution in [-0.2, 0) is 9.59 Å². The zero-order valence-corrected chi connectivity index (χ0v) is 19.6. The van der Waals surface area contributed by atoms with Crippen LogP contribution in [0.4, 0.5) is 23.0 Å². The van der Waals surface area contributed by atoms with Crippen LogP contribution in [0, 0.1) is 0 Å². The molecule has 0 bridgehead atoms. The quantitative estimate of drug-likeness (QED) is 0.170. The van der Waals surface area contributed by atoms with E-state index in [4.69, 9.17) is 11.6 Å². The van der Waals surface area contributed by atoms with Gasteiger partial charge in [0.15, 0.2) is 5.65 Å². The largest absolute Gasteiger partial charge is 0.478 e. The van der Waals surface area contributed by atoms with Crippen molar-refractivity contribution in [3.63, 3.8) is 0 Å². The van der Waals surface area contributed by atoms with E-state index in [1.54, 1.807) is 43.4 Å². The van der Waals surface area contributed by atoms with Crippen LogP contribution in [0.25, 0.3) is 11.7 Å². The summed E-state index contributed by atoms with van der Waals surface area (Å²) in [6.07, 6.45) is 3.31. The van der Waals surface area contributed by atoms with Gasteiger partial charge in [-0.1, -0.05) is 23.7 Å². The minimum Gasteiger partial charge on any atom is -0.478 e. The number of nitrogens with one attached hydrogen (secondary N) is 4. The molecular formula is C24H20ClN7O4. The van der Waals surface area contributed by atoms with Gasteiger partial charge in [-0.05, 0) is 42.5 Å². The lowest BCUT2D eigenvalue weighted by atomic mass is 10.2. The number of aromatic carboxylic acids is 1. The smallest absolute Gasteiger partial charge is 0.335 e. The molecule has 0 unspecified atom stereocenters. The lowest BCUT2D eigenvalue weighted by Gasteiger charge is -2.13. The molecular weight excluding hydrogens is 486 g/mol. The number of aromatic nitrogens is 3. The number of carbonyl (C=O) groups is 3. The summed E-state index contributed by atoms with van der Waals surface area (Å²) < 4.78 is 1.51. The molecule has 0 radical (unpaired) electrons. The lowest BCUT2D eigenvalue weighted by molar-refractivity contribution is -0.122. The van der Waals surface area contributed by atoms with Gasteiger partial charge in [0.25, 0.3) is 5.91 Å². The van der Waals surface area contributed by atoms with Crippen molar-refractivity contribution < 1.29 is 19.5 Å². The number of likely N-dealkylation sites (N-methyl/N-ethyl adjacent to an activating group) is 1. The van der Waals surface area contributed by atoms with Gasteiger partial charge in [0.1, 0.15) is 17.3 Å². The number of hydrogen-bond acceptors (Lipinski definition) is 8. The summed E-state index contributed by atoms with van der Waals surface area (Å²) in [4.78, 5) is 38.9. The molecule has 2 aromatic carbocycles. The molecule has 36 heavy (non-hydrogen) atoms. The van der Waals surface area contributed by atoms with E-state index >= 15 is 0 Å². The third-order valence-electron chi connectivity index (χ3n) is 4.98. The molecule has 4 aromatic rings. The number of fused-ring (bicyclic) bond motifs is 1. The van der Waals surface area contributed by atoms with E-state index in [1.165, 1.54) is 28.9 Å². The Morgan fingerprint density at radius 3 is 2.50 bits per heavy atom. The summed E-state index contributed by atoms with van der Waals surface area (Å²) in [6.45, 7) is 0. The molecule has 0 saturated heterocycles. The molecule has 2 heterocycles. The number of halogens is 1. The number of imide groups is 1. The average molecular weight is 506 g/mol. The second-order valence-electron chi connectivity index (χ2n) is 7.41. The number of carboxylic acid groups (broad SMARTS) is 1. The van der Waals surface area contributed by atoms with Crippen molar-refractivity contribution in [1.82, 2.24) is 25.2 Å². The number of benzene rings is 2. The zero-order valence-electron chi connectivity index (χ0n) is 18.8. The van der Waals surface area contributed by atoms with E-state index in [9.17, 15) is 19.5 Å². The summed E-state index contributed by atoms with van der Waals surface area (Å²) in [7, 11) is 1.55. The van der Waals surface area contributed by atoms with Crippen LogP contribution in [-0.4, -0.2) is 45.0 Å². The zero-order chi connectivity index (χ0) is 25.7. The Labute approximate surface area is 209 Å². The molecule has 0 aliphatic rings. The molecule has 0 aliphatic carbocycles. The molecule has 11 nitrogen and oxygen atoms in total. The third kappa shape index (κ3) is 5.42. The topological polar surface area (TPSA) is 150 Å². The molecule has 0 aliphatic heterocycles. The van der Waals surface area contributed by atoms with E-state index in [0.29, 0.717) is 45.7 Å². The Hall–Kier alpha value is -4.90. The first kappa shape index (κ1) is 24.2. The summed E-state index contributed by atoms with van der Waals surface area (Å²) in [5, 5.41) is 25.4. The van der Waals surface area contributed by atoms with E-state index in [2.05, 4.69) is 31.3 Å². The molecule has 0 saturated carbocycles. The fourth-order valence-corrected chi connectivity index (χ4v) is 3.56. The average Bonchev–Trinajstić information content (AvgIpc) is 3.25. The monoisotopic (exact) mass is 505 g/mol. The minimum absolute atomic E-state index is 0.117. The number of nitrogens with zero attached hydrogens (tertiary/aromatic N) is 3. The molecule has 2 amide bonds. The first-order valence-corrected chi connectivity index (χ1v) is 10.9. The Morgan fingerprint density at radius 2 is 1.81 bits per heavy atom. The minimum atomic E-state index is -1.05. The van der Waals surface area contributed by atoms with Crippen molar-refractivity contribution >= 4 is 64.6 Å². The van der Waals surface area contributed by atoms with Crippen molar-refractivity contribution in [3.05, 3.63) is 82.6 Å². The van der Waals surface area contributed by atoms with Crippen molar-refractivity contribution in [2.24, 2.45) is 0 Å². The highest BCUT2D eigenvalue weighted by molar-refractivity contribution is 6.30. The van der Waals surface area contributed by atoms with Crippen LogP contribution >= 0.6 is 11.6 Å². The maximum Gasteiger partial charge on any atom is 0.335 e. The van der Waals surface area contributed by atoms with E-state index < -0.39 is 11.9 Å². The van der Waals surface area contributed by atoms with E-state index in [1.807, 2.05) is 6.07 Å². The molecule has 4 rings (SSSR count). The maximum absolute atomic E-state index is 12.2. The summed E-state index contributed by atoms with van der Waals surface area (Å²) in [6, 6.07) is 15.1. The first-order valence-electron chi connectivity index (χ1n) is 10.5. The van der Waals surface area contributed by atoms with Gasteiger partial charge in [0, 0.05) is 35.1 Å². The first-order chi connectivity index (χ1) is 17.4. The normalized spacial score (nSPS) is 11.1. The highest BCUT2D eigenvalue weighted by Crippen LogP contribution is 2.26. The van der Waals surface area contributed by atoms with Gasteiger partial charge in [-0.15, -0.1) is 0 Å². The van der Waals surface area contributed by atoms with Crippen molar-refractivity contribution in [3.8, 4) is 0 Å². The molecule has 2 aromatic heterocycles. The van der Waals surface area contributed by atoms with Crippen molar-refractivity contribution in [1.29, 1.82) is 0 Å². The second kappa shape index (κ2) is 10.6. The second-order valence-corrected chi connectivity index (χ2v) is 7.84. The van der Waals surface area contributed by atoms with Gasteiger partial charge in [-0.3, -0.25) is 14.9 Å². The van der Waals surface area contributed by atoms with Gasteiger partial charge < -0.3 is 21.1 Å². The van der Waals surface area contributed by atoms with Gasteiger partial charge in [0.05, 0.1) is 11.8 Å². The summed E-state index contributed by atoms with van der Waals surface area (Å²) >= 11 is 6.11. The van der Waals surface area contributed by atoms with Crippen LogP contribution in [0.1, 0.15) is 15.9 Å². The van der Waals surface area contributed by atoms with Crippen LogP contribution in [0.3, 0.4) is 0 Å². The van der Waals surface area contributed by atoms with Crippen molar-refractivity contribution in [2.75, 3.05) is 17.7 Å². The fraction of sp³-hybridized carbons (Fsp3) is 0.0417. The lowest BCUT2D eigenvalue weighted by Crippen LogP contribution is -2.28. The van der Waals surface area contributed by atoms with E-state index in [-0.39, 0.29) is 11.3 Å². The molecule has 0 spiro atoms. The molecule has 5 N–H and O–H groups in total. The SMILES string of the molecule is CN/C(=C\c1cnn2c(Nc3cccc(C(=O)O)c3)cc(Nc3cccc(Cl)c3)nc12)C(=O)NC=O. The van der Waals surface area contributed by atoms with Crippen LogP contribution in [0.15, 0.2) is 66.5 Å². The number of amides is 2. The van der Waals surface area contributed by atoms with Gasteiger partial charge >= 0.3 is 5.97 Å². The fourth-order valence-electron chi connectivity index (χ4n) is 3.36. The Balaban J connectivity index is 1.82. The molecule has 0 fully saturated rings. The predicted octanol–water partition coefficient (Wildman–Crippen LogP) is 3.40. The van der Waals surface area contributed by atoms with E-state index in [0.717, 1.165) is 0 Å². The standard InChI is InChI=1S/C24H20ClN7O4/c1-26-19(23(34)27-13-33)9-15-12-28-32-21(30-17-6-2-4-14(8-17)24(35)36)11-20(31-22(15)32)29-18-7-3-5-16(25)10-18/h2-13,26,30H,1H3,(H,29,31)(H,35,36)(H,27,33,34)/b19-9-. The van der Waals surface area contributed by atoms with Gasteiger partial charge in [-0.25, -0.2) is 9.78 Å². The molecule has 12 heteroatoms. The Kier molecular flexibility index (Phi) is 7.12.